The molecule has 1 aromatic heterocycles. The van der Waals surface area contributed by atoms with Crippen LogP contribution in [0.4, 0.5) is 0 Å². The van der Waals surface area contributed by atoms with Crippen LogP contribution in [0, 0.1) is 6.92 Å². The van der Waals surface area contributed by atoms with Crippen molar-refractivity contribution in [3.05, 3.63) is 48.0 Å². The number of pyridine rings is 1. The summed E-state index contributed by atoms with van der Waals surface area (Å²) >= 11 is 0. The van der Waals surface area contributed by atoms with Crippen LogP contribution in [-0.4, -0.2) is 20.2 Å². The lowest BCUT2D eigenvalue weighted by Gasteiger charge is -2.08. The molecule has 0 amide bonds. The largest absolute Gasteiger partial charge is 0.454 e. The molecule has 0 saturated heterocycles. The van der Waals surface area contributed by atoms with E-state index in [9.17, 15) is 8.42 Å². The molecule has 2 aromatic carbocycles. The first-order valence-electron chi connectivity index (χ1n) is 7.26. The minimum Gasteiger partial charge on any atom is -0.454 e. The van der Waals surface area contributed by atoms with E-state index < -0.39 is 10.0 Å². The van der Waals surface area contributed by atoms with E-state index in [0.717, 1.165) is 33.5 Å². The number of rotatable bonds is 2. The van der Waals surface area contributed by atoms with Gasteiger partial charge in [0.05, 0.1) is 16.1 Å². The van der Waals surface area contributed by atoms with Crippen LogP contribution in [-0.2, 0) is 10.0 Å². The molecule has 4 rings (SSSR count). The summed E-state index contributed by atoms with van der Waals surface area (Å²) in [5.41, 5.74) is 3.40. The van der Waals surface area contributed by atoms with Gasteiger partial charge in [0.15, 0.2) is 11.5 Å². The number of hydrogen-bond acceptors (Lipinski definition) is 5. The summed E-state index contributed by atoms with van der Waals surface area (Å²) in [6, 6.07) is 12.1. The standard InChI is InChI=1S/C17H14N2O4S.ClH/c1-10-6-14(11-2-4-12(5-3-11)24(18,20)21)19-15-8-17-16(7-13(10)15)22-9-23-17;/h2-8H,9H2,1H3,(H2,18,20,21);1H. The highest BCUT2D eigenvalue weighted by molar-refractivity contribution is 7.89. The van der Waals surface area contributed by atoms with Crippen molar-refractivity contribution in [3.63, 3.8) is 0 Å². The maximum absolute atomic E-state index is 11.4. The second-order valence-electron chi connectivity index (χ2n) is 5.62. The van der Waals surface area contributed by atoms with E-state index in [-0.39, 0.29) is 24.1 Å². The highest BCUT2D eigenvalue weighted by Gasteiger charge is 2.16. The predicted octanol–water partition coefficient (Wildman–Crippen LogP) is 3.01. The molecule has 0 bridgehead atoms. The summed E-state index contributed by atoms with van der Waals surface area (Å²) in [7, 11) is -3.70. The molecule has 6 nitrogen and oxygen atoms in total. The first kappa shape index (κ1) is 17.5. The molecular weight excluding hydrogens is 364 g/mol. The molecule has 0 unspecified atom stereocenters. The van der Waals surface area contributed by atoms with Gasteiger partial charge in [-0.3, -0.25) is 0 Å². The van der Waals surface area contributed by atoms with Crippen molar-refractivity contribution >= 4 is 33.3 Å². The molecule has 0 aliphatic carbocycles. The van der Waals surface area contributed by atoms with E-state index >= 15 is 0 Å². The molecule has 1 aliphatic heterocycles. The average Bonchev–Trinajstić information content (AvgIpc) is 3.00. The molecule has 130 valence electrons. The van der Waals surface area contributed by atoms with Crippen LogP contribution in [0.3, 0.4) is 0 Å². The zero-order valence-corrected chi connectivity index (χ0v) is 14.9. The summed E-state index contributed by atoms with van der Waals surface area (Å²) in [6.45, 7) is 2.21. The molecule has 0 fully saturated rings. The fourth-order valence-electron chi connectivity index (χ4n) is 2.75. The quantitative estimate of drug-likeness (QED) is 0.740. The van der Waals surface area contributed by atoms with E-state index in [0.29, 0.717) is 5.75 Å². The molecule has 0 radical (unpaired) electrons. The molecule has 0 spiro atoms. The van der Waals surface area contributed by atoms with Crippen molar-refractivity contribution in [2.24, 2.45) is 5.14 Å². The van der Waals surface area contributed by atoms with Crippen molar-refractivity contribution < 1.29 is 17.9 Å². The molecular formula is C17H15ClN2O4S. The van der Waals surface area contributed by atoms with Gasteiger partial charge in [0.1, 0.15) is 0 Å². The Morgan fingerprint density at radius 3 is 2.32 bits per heavy atom. The lowest BCUT2D eigenvalue weighted by atomic mass is 10.0. The molecule has 0 atom stereocenters. The first-order valence-corrected chi connectivity index (χ1v) is 8.81. The number of primary sulfonamides is 1. The number of aromatic nitrogens is 1. The van der Waals surface area contributed by atoms with Crippen molar-refractivity contribution in [1.29, 1.82) is 0 Å². The predicted molar refractivity (Wildman–Crippen MR) is 96.7 cm³/mol. The summed E-state index contributed by atoms with van der Waals surface area (Å²) in [5.74, 6) is 1.40. The lowest BCUT2D eigenvalue weighted by molar-refractivity contribution is 0.174. The van der Waals surface area contributed by atoms with Crippen LogP contribution in [0.2, 0.25) is 0 Å². The number of benzene rings is 2. The third kappa shape index (κ3) is 3.13. The zero-order chi connectivity index (χ0) is 16.9. The van der Waals surface area contributed by atoms with Crippen LogP contribution >= 0.6 is 12.4 Å². The van der Waals surface area contributed by atoms with Gasteiger partial charge in [-0.15, -0.1) is 12.4 Å². The Morgan fingerprint density at radius 2 is 1.68 bits per heavy atom. The average molecular weight is 379 g/mol. The molecule has 3 aromatic rings. The van der Waals surface area contributed by atoms with Crippen molar-refractivity contribution in [2.75, 3.05) is 6.79 Å². The number of nitrogens with zero attached hydrogens (tertiary/aromatic N) is 1. The van der Waals surface area contributed by atoms with Crippen LogP contribution in [0.15, 0.2) is 47.4 Å². The van der Waals surface area contributed by atoms with Gasteiger partial charge in [-0.25, -0.2) is 18.5 Å². The van der Waals surface area contributed by atoms with Crippen LogP contribution < -0.4 is 14.6 Å². The molecule has 25 heavy (non-hydrogen) atoms. The zero-order valence-electron chi connectivity index (χ0n) is 13.2. The number of halogens is 1. The topological polar surface area (TPSA) is 91.5 Å². The fraction of sp³-hybridized carbons (Fsp3) is 0.118. The van der Waals surface area contributed by atoms with Gasteiger partial charge in [-0.1, -0.05) is 12.1 Å². The van der Waals surface area contributed by atoms with E-state index in [1.807, 2.05) is 25.1 Å². The van der Waals surface area contributed by atoms with E-state index in [1.165, 1.54) is 12.1 Å². The summed E-state index contributed by atoms with van der Waals surface area (Å²) < 4.78 is 33.5. The second kappa shape index (κ2) is 6.18. The molecule has 0 saturated carbocycles. The van der Waals surface area contributed by atoms with Gasteiger partial charge in [0.25, 0.3) is 0 Å². The fourth-order valence-corrected chi connectivity index (χ4v) is 3.26. The van der Waals surface area contributed by atoms with Crippen LogP contribution in [0.25, 0.3) is 22.2 Å². The maximum atomic E-state index is 11.4. The number of sulfonamides is 1. The summed E-state index contributed by atoms with van der Waals surface area (Å²) in [6.07, 6.45) is 0. The number of nitrogens with two attached hydrogens (primary N) is 1. The Kier molecular flexibility index (Phi) is 4.32. The SMILES string of the molecule is Cc1cc(-c2ccc(S(N)(=O)=O)cc2)nc2cc3c(cc12)OCO3.Cl. The van der Waals surface area contributed by atoms with Gasteiger partial charge in [-0.2, -0.15) is 0 Å². The van der Waals surface area contributed by atoms with E-state index in [2.05, 4.69) is 4.98 Å². The maximum Gasteiger partial charge on any atom is 0.238 e. The van der Waals surface area contributed by atoms with E-state index in [4.69, 9.17) is 14.6 Å². The highest BCUT2D eigenvalue weighted by atomic mass is 35.5. The minimum atomic E-state index is -3.70. The van der Waals surface area contributed by atoms with Gasteiger partial charge < -0.3 is 9.47 Å². The van der Waals surface area contributed by atoms with E-state index in [1.54, 1.807) is 12.1 Å². The highest BCUT2D eigenvalue weighted by Crippen LogP contribution is 2.37. The number of ether oxygens (including phenoxy) is 2. The normalized spacial score (nSPS) is 12.9. The van der Waals surface area contributed by atoms with Crippen molar-refractivity contribution in [2.45, 2.75) is 11.8 Å². The Labute approximate surface area is 151 Å². The third-order valence-electron chi connectivity index (χ3n) is 3.99. The first-order chi connectivity index (χ1) is 11.4. The van der Waals surface area contributed by atoms with Gasteiger partial charge >= 0.3 is 0 Å². The van der Waals surface area contributed by atoms with Crippen molar-refractivity contribution in [1.82, 2.24) is 4.98 Å². The molecule has 2 heterocycles. The monoisotopic (exact) mass is 378 g/mol. The van der Waals surface area contributed by atoms with Crippen molar-refractivity contribution in [3.8, 4) is 22.8 Å². The van der Waals surface area contributed by atoms with Gasteiger partial charge in [-0.05, 0) is 36.8 Å². The van der Waals surface area contributed by atoms with Gasteiger partial charge in [0, 0.05) is 17.0 Å². The van der Waals surface area contributed by atoms with Gasteiger partial charge in [0.2, 0.25) is 16.8 Å². The Balaban J connectivity index is 0.00000182. The Morgan fingerprint density at radius 1 is 1.04 bits per heavy atom. The Hall–Kier alpha value is -2.35. The molecule has 8 heteroatoms. The third-order valence-corrected chi connectivity index (χ3v) is 4.92. The van der Waals surface area contributed by atoms with Crippen LogP contribution in [0.1, 0.15) is 5.56 Å². The molecule has 2 N–H and O–H groups in total. The number of aryl methyl sites for hydroxylation is 1. The second-order valence-corrected chi connectivity index (χ2v) is 7.18. The van der Waals surface area contributed by atoms with Crippen LogP contribution in [0.5, 0.6) is 11.5 Å². The summed E-state index contributed by atoms with van der Waals surface area (Å²) in [5, 5.41) is 6.12. The molecule has 1 aliphatic rings. The number of fused-ring (bicyclic) bond motifs is 2. The minimum absolute atomic E-state index is 0. The lowest BCUT2D eigenvalue weighted by Crippen LogP contribution is -2.11. The smallest absolute Gasteiger partial charge is 0.238 e. The summed E-state index contributed by atoms with van der Waals surface area (Å²) in [4.78, 5) is 4.74. The number of hydrogen-bond donors (Lipinski definition) is 1. The Bertz CT molecular complexity index is 1070.